The minimum absolute atomic E-state index is 0.255. The van der Waals surface area contributed by atoms with E-state index in [4.69, 9.17) is 10.2 Å². The molecule has 0 aromatic carbocycles. The van der Waals surface area contributed by atoms with Gasteiger partial charge in [0.25, 0.3) is 0 Å². The summed E-state index contributed by atoms with van der Waals surface area (Å²) in [5.41, 5.74) is -0.255. The van der Waals surface area contributed by atoms with Crippen LogP contribution >= 0.6 is 0 Å². The second-order valence-electron chi connectivity index (χ2n) is 3.84. The molecule has 6 N–H and O–H groups in total. The minimum Gasteiger partial charge on any atom is -0.394 e. The Kier molecular flexibility index (Phi) is 7.92. The Bertz CT molecular complexity index is 279. The van der Waals surface area contributed by atoms with E-state index in [2.05, 4.69) is 0 Å². The predicted octanol–water partition coefficient (Wildman–Crippen LogP) is -2.77. The van der Waals surface area contributed by atoms with Crippen LogP contribution in [0.1, 0.15) is 13.3 Å². The Morgan fingerprint density at radius 1 is 1.11 bits per heavy atom. The molecule has 0 bridgehead atoms. The fourth-order valence-electron chi connectivity index (χ4n) is 1.35. The molecule has 0 fully saturated rings. The molecule has 5 atom stereocenters. The highest BCUT2D eigenvalue weighted by Crippen LogP contribution is 2.13. The highest BCUT2D eigenvalue weighted by atomic mass is 16.4. The fourth-order valence-corrected chi connectivity index (χ4v) is 1.35. The number of aliphatic hydroxyl groups is 6. The van der Waals surface area contributed by atoms with Crippen LogP contribution in [0.15, 0.2) is 11.6 Å². The van der Waals surface area contributed by atoms with Crippen molar-refractivity contribution in [3.63, 3.8) is 0 Å². The molecular weight excluding hydrogens is 244 g/mol. The van der Waals surface area contributed by atoms with Crippen molar-refractivity contribution in [2.75, 3.05) is 6.61 Å². The largest absolute Gasteiger partial charge is 0.394 e. The molecule has 1 radical (unpaired) electrons. The Balaban J connectivity index is 4.76. The maximum Gasteiger partial charge on any atom is 0.231 e. The standard InChI is InChI=1S/C11H19O7/c1-2-3-6(4-12)8(15)10(17)11(18)9(16)7(14)5-13/h3,7-11,13-18H,2,5H2,1H3/t7-,8?,9-,10+,11+/m1/s1. The summed E-state index contributed by atoms with van der Waals surface area (Å²) in [4.78, 5) is 10.5. The van der Waals surface area contributed by atoms with Crippen molar-refractivity contribution in [2.45, 2.75) is 43.9 Å². The Morgan fingerprint density at radius 3 is 2.06 bits per heavy atom. The highest BCUT2D eigenvalue weighted by molar-refractivity contribution is 5.75. The Hall–Kier alpha value is -0.830. The van der Waals surface area contributed by atoms with Gasteiger partial charge in [-0.1, -0.05) is 13.0 Å². The third kappa shape index (κ3) is 4.45. The van der Waals surface area contributed by atoms with Crippen LogP contribution in [0.2, 0.25) is 0 Å². The summed E-state index contributed by atoms with van der Waals surface area (Å²) in [6, 6.07) is 0. The van der Waals surface area contributed by atoms with Crippen LogP contribution < -0.4 is 0 Å². The van der Waals surface area contributed by atoms with E-state index in [0.29, 0.717) is 6.42 Å². The number of carbonyl (C=O) groups excluding carboxylic acids is 1. The maximum atomic E-state index is 10.5. The van der Waals surface area contributed by atoms with Crippen LogP contribution in [-0.2, 0) is 4.79 Å². The van der Waals surface area contributed by atoms with Crippen molar-refractivity contribution < 1.29 is 35.4 Å². The van der Waals surface area contributed by atoms with Crippen LogP contribution in [0.3, 0.4) is 0 Å². The summed E-state index contributed by atoms with van der Waals surface area (Å²) < 4.78 is 0. The molecule has 0 saturated carbocycles. The summed E-state index contributed by atoms with van der Waals surface area (Å²) in [7, 11) is 0. The smallest absolute Gasteiger partial charge is 0.231 e. The van der Waals surface area contributed by atoms with Crippen LogP contribution in [0.25, 0.3) is 0 Å². The van der Waals surface area contributed by atoms with Gasteiger partial charge in [0, 0.05) is 5.57 Å². The molecule has 0 saturated heterocycles. The van der Waals surface area contributed by atoms with Gasteiger partial charge in [-0.15, -0.1) is 0 Å². The third-order valence-corrected chi connectivity index (χ3v) is 2.47. The molecule has 1 unspecified atom stereocenters. The van der Waals surface area contributed by atoms with Gasteiger partial charge in [0.05, 0.1) is 6.61 Å². The molecule has 0 spiro atoms. The van der Waals surface area contributed by atoms with Gasteiger partial charge in [0.15, 0.2) is 0 Å². The SMILES string of the molecule is CCC=C([C]=O)C(O)[C@H](O)[C@@H](O)[C@H](O)[C@H](O)CO. The zero-order valence-corrected chi connectivity index (χ0v) is 9.97. The first-order chi connectivity index (χ1) is 8.40. The van der Waals surface area contributed by atoms with Crippen LogP contribution in [0.5, 0.6) is 0 Å². The number of allylic oxidation sites excluding steroid dienone is 1. The van der Waals surface area contributed by atoms with Gasteiger partial charge in [0.2, 0.25) is 6.29 Å². The average Bonchev–Trinajstić information content (AvgIpc) is 2.40. The number of aliphatic hydroxyl groups excluding tert-OH is 6. The lowest BCUT2D eigenvalue weighted by atomic mass is 9.95. The first-order valence-electron chi connectivity index (χ1n) is 5.50. The van der Waals surface area contributed by atoms with Crippen LogP contribution in [0.4, 0.5) is 0 Å². The normalized spacial score (nSPS) is 20.9. The van der Waals surface area contributed by atoms with E-state index < -0.39 is 37.1 Å². The van der Waals surface area contributed by atoms with Crippen molar-refractivity contribution >= 4 is 6.29 Å². The molecule has 105 valence electrons. The monoisotopic (exact) mass is 263 g/mol. The molecule has 7 heteroatoms. The lowest BCUT2D eigenvalue weighted by Gasteiger charge is -2.28. The fraction of sp³-hybridized carbons (Fsp3) is 0.727. The van der Waals surface area contributed by atoms with Crippen molar-refractivity contribution in [3.05, 3.63) is 11.6 Å². The van der Waals surface area contributed by atoms with E-state index >= 15 is 0 Å². The first kappa shape index (κ1) is 17.2. The quantitative estimate of drug-likeness (QED) is 0.261. The van der Waals surface area contributed by atoms with Gasteiger partial charge in [-0.25, -0.2) is 0 Å². The molecule has 0 aromatic rings. The molecule has 0 aliphatic rings. The van der Waals surface area contributed by atoms with Crippen molar-refractivity contribution in [2.24, 2.45) is 0 Å². The predicted molar refractivity (Wildman–Crippen MR) is 61.2 cm³/mol. The van der Waals surface area contributed by atoms with E-state index in [1.54, 1.807) is 6.92 Å². The highest BCUT2D eigenvalue weighted by Gasteiger charge is 2.35. The van der Waals surface area contributed by atoms with Gasteiger partial charge >= 0.3 is 0 Å². The van der Waals surface area contributed by atoms with Crippen molar-refractivity contribution in [1.82, 2.24) is 0 Å². The number of rotatable bonds is 8. The summed E-state index contributed by atoms with van der Waals surface area (Å²) in [5, 5.41) is 55.6. The Morgan fingerprint density at radius 2 is 1.67 bits per heavy atom. The molecule has 0 amide bonds. The Labute approximate surface area is 105 Å². The van der Waals surface area contributed by atoms with Crippen LogP contribution in [-0.4, -0.2) is 74.1 Å². The molecule has 0 rings (SSSR count). The second-order valence-corrected chi connectivity index (χ2v) is 3.84. The molecular formula is C11H19O7. The number of hydrogen-bond acceptors (Lipinski definition) is 7. The van der Waals surface area contributed by atoms with Crippen molar-refractivity contribution in [1.29, 1.82) is 0 Å². The van der Waals surface area contributed by atoms with Gasteiger partial charge < -0.3 is 30.6 Å². The van der Waals surface area contributed by atoms with Gasteiger partial charge in [-0.2, -0.15) is 0 Å². The van der Waals surface area contributed by atoms with Gasteiger partial charge in [-0.05, 0) is 6.42 Å². The lowest BCUT2D eigenvalue weighted by molar-refractivity contribution is -0.134. The molecule has 0 aliphatic carbocycles. The summed E-state index contributed by atoms with van der Waals surface area (Å²) in [6.45, 7) is 0.871. The summed E-state index contributed by atoms with van der Waals surface area (Å²) in [6.07, 6.45) is -5.93. The molecule has 18 heavy (non-hydrogen) atoms. The maximum absolute atomic E-state index is 10.5. The second kappa shape index (κ2) is 8.30. The minimum atomic E-state index is -1.92. The molecule has 0 heterocycles. The summed E-state index contributed by atoms with van der Waals surface area (Å²) in [5.74, 6) is 0. The zero-order valence-electron chi connectivity index (χ0n) is 9.97. The molecule has 0 aromatic heterocycles. The van der Waals surface area contributed by atoms with E-state index in [9.17, 15) is 25.2 Å². The van der Waals surface area contributed by atoms with E-state index in [1.807, 2.05) is 0 Å². The zero-order chi connectivity index (χ0) is 14.3. The third-order valence-electron chi connectivity index (χ3n) is 2.47. The van der Waals surface area contributed by atoms with E-state index in [-0.39, 0.29) is 5.57 Å². The van der Waals surface area contributed by atoms with Crippen LogP contribution in [0, 0.1) is 0 Å². The number of hydrogen-bond donors (Lipinski definition) is 6. The van der Waals surface area contributed by atoms with Gasteiger partial charge in [-0.3, -0.25) is 4.79 Å². The average molecular weight is 263 g/mol. The molecule has 0 aliphatic heterocycles. The summed E-state index contributed by atoms with van der Waals surface area (Å²) >= 11 is 0. The van der Waals surface area contributed by atoms with E-state index in [1.165, 1.54) is 12.4 Å². The molecule has 7 nitrogen and oxygen atoms in total. The first-order valence-corrected chi connectivity index (χ1v) is 5.50. The van der Waals surface area contributed by atoms with Crippen molar-refractivity contribution in [3.8, 4) is 0 Å². The topological polar surface area (TPSA) is 138 Å². The lowest BCUT2D eigenvalue weighted by Crippen LogP contribution is -2.50. The van der Waals surface area contributed by atoms with E-state index in [0.717, 1.165) is 0 Å². The van der Waals surface area contributed by atoms with Gasteiger partial charge in [0.1, 0.15) is 30.5 Å².